The second-order valence-corrected chi connectivity index (χ2v) is 16.4. The number of aliphatic imine (C=N–C) groups is 1. The number of carbonyl (C=O) groups excluding carboxylic acids is 6. The highest BCUT2D eigenvalue weighted by atomic mass is 19.4. The van der Waals surface area contributed by atoms with Crippen molar-refractivity contribution in [3.8, 4) is 0 Å². The number of nitrogens with zero attached hydrogens (tertiary/aromatic N) is 5. The number of nitrogens with one attached hydrogen (secondary N) is 4. The zero-order valence-corrected chi connectivity index (χ0v) is 42.8. The molecular formula is C49H81F3N10O9. The molecule has 19 nitrogen and oxygen atoms in total. The highest BCUT2D eigenvalue weighted by Crippen LogP contribution is 2.34. The summed E-state index contributed by atoms with van der Waals surface area (Å²) in [6.07, 6.45) is 12.4. The molecule has 0 bridgehead atoms. The number of benzene rings is 1. The van der Waals surface area contributed by atoms with E-state index in [0.717, 1.165) is 82.7 Å². The number of anilines is 1. The molecule has 1 saturated carbocycles. The van der Waals surface area contributed by atoms with E-state index in [1.807, 2.05) is 32.1 Å². The van der Waals surface area contributed by atoms with Crippen LogP contribution in [0.25, 0.3) is 10.9 Å². The van der Waals surface area contributed by atoms with Crippen LogP contribution in [0, 0.1) is 11.8 Å². The number of alkyl halides is 3. The average Bonchev–Trinajstić information content (AvgIpc) is 3.89. The molecule has 2 aliphatic heterocycles. The maximum atomic E-state index is 13.1. The minimum atomic E-state index is -4.45. The number of nitrogens with two attached hydrogens (primary N) is 1. The number of hydrogen-bond acceptors (Lipinski definition) is 16. The fraction of sp³-hybridized carbons (Fsp3) is 0.653. The number of aldehydes is 3. The van der Waals surface area contributed by atoms with Crippen molar-refractivity contribution in [1.82, 2.24) is 35.7 Å². The summed E-state index contributed by atoms with van der Waals surface area (Å²) in [5, 5.41) is 12.0. The van der Waals surface area contributed by atoms with Gasteiger partial charge in [0, 0.05) is 89.6 Å². The SMILES string of the molecule is CC/C=C\C=NC.CC1CCC(N2CCC(Nc3ncnc4ccc(C(F)(F)F)cc34)C2=O)CC1.CN1CC(C=O)CC1=O.CNCCC=O.CNCCOCC=O.CNCCOCCOCCC(N)=O. The molecule has 1 aliphatic carbocycles. The number of primary amides is 1. The van der Waals surface area contributed by atoms with E-state index in [9.17, 15) is 41.9 Å². The van der Waals surface area contributed by atoms with Crippen LogP contribution in [0.5, 0.6) is 0 Å². The van der Waals surface area contributed by atoms with Crippen LogP contribution in [0.4, 0.5) is 19.0 Å². The Morgan fingerprint density at radius 3 is 2.06 bits per heavy atom. The standard InChI is InChI=1S/C20H23F3N4O.C8H18N2O3.C6H9NO2.C6H11N.C5H11NO2.C4H9NO/c1-12-2-5-14(6-3-12)27-9-8-17(19(27)28)26-18-15-10-13(20(21,22)23)4-7-16(15)24-11-25-18;1-10-3-5-13-7-6-12-4-2-8(9)11;1-7-3-5(4-8)2-6(7)9;1-3-4-5-6-7-2;1-6-2-4-8-5-3-7;1-5-3-2-4-6/h4,7,10-12,14,17H,2-3,5-6,8-9H2,1H3,(H,24,25,26);10H,2-7H2,1H3,(H2,9,11);4-5H,2-3H2,1H3;4-6H,3H2,1-2H3;3,6H,2,4-5H2,1H3;4-5H,2-3H2,1H3/b;;;5-4-,7-6?;;. The molecule has 0 radical (unpaired) electrons. The number of allylic oxidation sites excluding steroid dienone is 2. The summed E-state index contributed by atoms with van der Waals surface area (Å²) in [6.45, 7) is 11.0. The van der Waals surface area contributed by atoms with Gasteiger partial charge < -0.3 is 65.4 Å². The third-order valence-electron chi connectivity index (χ3n) is 10.7. The van der Waals surface area contributed by atoms with Crippen LogP contribution in [0.2, 0.25) is 0 Å². The minimum Gasteiger partial charge on any atom is -0.379 e. The van der Waals surface area contributed by atoms with E-state index in [2.05, 4.69) is 56.2 Å². The second-order valence-electron chi connectivity index (χ2n) is 16.4. The third kappa shape index (κ3) is 31.0. The van der Waals surface area contributed by atoms with E-state index in [0.29, 0.717) is 76.8 Å². The summed E-state index contributed by atoms with van der Waals surface area (Å²) in [5.74, 6) is 0.677. The molecule has 3 amide bonds. The average molecular weight is 1010 g/mol. The summed E-state index contributed by atoms with van der Waals surface area (Å²) >= 11 is 0. The highest BCUT2D eigenvalue weighted by molar-refractivity contribution is 5.93. The van der Waals surface area contributed by atoms with Gasteiger partial charge in [0.25, 0.3) is 0 Å². The molecule has 3 fully saturated rings. The Morgan fingerprint density at radius 2 is 1.55 bits per heavy atom. The van der Waals surface area contributed by atoms with Gasteiger partial charge in [-0.3, -0.25) is 19.4 Å². The zero-order valence-electron chi connectivity index (χ0n) is 42.8. The molecular weight excluding hydrogens is 930 g/mol. The highest BCUT2D eigenvalue weighted by Gasteiger charge is 2.37. The Kier molecular flexibility index (Phi) is 38.3. The molecule has 1 aromatic carbocycles. The van der Waals surface area contributed by atoms with Gasteiger partial charge in [0.1, 0.15) is 43.7 Å². The summed E-state index contributed by atoms with van der Waals surface area (Å²) in [4.78, 5) is 78.6. The van der Waals surface area contributed by atoms with Crippen LogP contribution in [-0.2, 0) is 49.2 Å². The molecule has 5 rings (SSSR count). The lowest BCUT2D eigenvalue weighted by Crippen LogP contribution is -2.42. The maximum Gasteiger partial charge on any atom is 0.416 e. The smallest absolute Gasteiger partial charge is 0.379 e. The lowest BCUT2D eigenvalue weighted by Gasteiger charge is -2.33. The Labute approximate surface area is 418 Å². The first kappa shape index (κ1) is 65.7. The zero-order chi connectivity index (χ0) is 53.3. The molecule has 2 unspecified atom stereocenters. The molecule has 3 aliphatic rings. The maximum absolute atomic E-state index is 13.1. The van der Waals surface area contributed by atoms with Gasteiger partial charge >= 0.3 is 6.18 Å². The van der Waals surface area contributed by atoms with E-state index in [4.69, 9.17) is 19.9 Å². The fourth-order valence-electron chi connectivity index (χ4n) is 6.72. The first-order valence-corrected chi connectivity index (χ1v) is 24.1. The van der Waals surface area contributed by atoms with E-state index >= 15 is 0 Å². The number of likely N-dealkylation sites (N-methyl/N-ethyl adjacent to an activating group) is 2. The van der Waals surface area contributed by atoms with Crippen molar-refractivity contribution in [2.75, 3.05) is 113 Å². The quantitative estimate of drug-likeness (QED) is 0.0602. The number of halogens is 3. The molecule has 6 N–H and O–H groups in total. The number of amides is 3. The largest absolute Gasteiger partial charge is 0.416 e. The topological polar surface area (TPSA) is 249 Å². The fourth-order valence-corrected chi connectivity index (χ4v) is 6.72. The van der Waals surface area contributed by atoms with Crippen molar-refractivity contribution in [2.24, 2.45) is 22.6 Å². The first-order chi connectivity index (χ1) is 34.1. The number of aromatic nitrogens is 2. The van der Waals surface area contributed by atoms with Gasteiger partial charge in [-0.05, 0) is 89.9 Å². The van der Waals surface area contributed by atoms with Crippen LogP contribution >= 0.6 is 0 Å². The third-order valence-corrected chi connectivity index (χ3v) is 10.7. The van der Waals surface area contributed by atoms with Crippen molar-refractivity contribution in [2.45, 2.75) is 89.9 Å². The van der Waals surface area contributed by atoms with Gasteiger partial charge in [-0.25, -0.2) is 9.97 Å². The molecule has 0 spiro atoms. The predicted molar refractivity (Wildman–Crippen MR) is 270 cm³/mol. The predicted octanol–water partition coefficient (Wildman–Crippen LogP) is 3.89. The second kappa shape index (κ2) is 41.4. The Balaban J connectivity index is 0.000000948. The number of ether oxygens (including phenoxy) is 3. The number of rotatable bonds is 23. The molecule has 402 valence electrons. The van der Waals surface area contributed by atoms with Gasteiger partial charge in [0.05, 0.1) is 44.1 Å². The van der Waals surface area contributed by atoms with Crippen LogP contribution < -0.4 is 27.0 Å². The van der Waals surface area contributed by atoms with Gasteiger partial charge in [-0.2, -0.15) is 13.2 Å². The number of likely N-dealkylation sites (tertiary alicyclic amines) is 2. The van der Waals surface area contributed by atoms with E-state index in [-0.39, 0.29) is 53.9 Å². The first-order valence-electron chi connectivity index (χ1n) is 24.1. The Bertz CT molecular complexity index is 1840. The Hall–Kier alpha value is -5.26. The lowest BCUT2D eigenvalue weighted by atomic mass is 9.87. The van der Waals surface area contributed by atoms with Crippen LogP contribution in [0.15, 0.2) is 41.7 Å². The molecule has 2 aromatic rings. The van der Waals surface area contributed by atoms with E-state index in [1.165, 1.54) is 12.4 Å². The Morgan fingerprint density at radius 1 is 0.901 bits per heavy atom. The normalized spacial score (nSPS) is 18.5. The van der Waals surface area contributed by atoms with Crippen molar-refractivity contribution in [3.05, 3.63) is 42.2 Å². The van der Waals surface area contributed by atoms with Crippen LogP contribution in [0.1, 0.15) is 77.2 Å². The molecule has 2 saturated heterocycles. The number of carbonyl (C=O) groups is 6. The summed E-state index contributed by atoms with van der Waals surface area (Å²) in [6, 6.07) is 3.18. The number of hydrogen-bond donors (Lipinski definition) is 5. The van der Waals surface area contributed by atoms with Crippen molar-refractivity contribution >= 4 is 59.5 Å². The van der Waals surface area contributed by atoms with Crippen LogP contribution in [-0.4, -0.2) is 182 Å². The summed E-state index contributed by atoms with van der Waals surface area (Å²) in [5.41, 5.74) is 4.57. The van der Waals surface area contributed by atoms with Crippen molar-refractivity contribution < 1.29 is 56.1 Å². The van der Waals surface area contributed by atoms with Crippen molar-refractivity contribution in [1.29, 1.82) is 0 Å². The lowest BCUT2D eigenvalue weighted by molar-refractivity contribution is -0.137. The monoisotopic (exact) mass is 1010 g/mol. The summed E-state index contributed by atoms with van der Waals surface area (Å²) in [7, 11) is 9.01. The molecule has 1 aromatic heterocycles. The van der Waals surface area contributed by atoms with Gasteiger partial charge in [0.2, 0.25) is 17.7 Å². The molecule has 71 heavy (non-hydrogen) atoms. The van der Waals surface area contributed by atoms with E-state index < -0.39 is 17.8 Å². The van der Waals surface area contributed by atoms with Gasteiger partial charge in [0.15, 0.2) is 0 Å². The molecule has 3 heterocycles. The van der Waals surface area contributed by atoms with Crippen LogP contribution in [0.3, 0.4) is 0 Å². The number of fused-ring (bicyclic) bond motifs is 1. The van der Waals surface area contributed by atoms with Gasteiger partial charge in [-0.1, -0.05) is 19.9 Å². The molecule has 22 heteroatoms. The summed E-state index contributed by atoms with van der Waals surface area (Å²) < 4.78 is 54.3. The van der Waals surface area contributed by atoms with E-state index in [1.54, 1.807) is 25.2 Å². The minimum absolute atomic E-state index is 0.0123. The van der Waals surface area contributed by atoms with Gasteiger partial charge in [-0.15, -0.1) is 0 Å². The van der Waals surface area contributed by atoms with Crippen molar-refractivity contribution in [3.63, 3.8) is 0 Å². The molecule has 2 atom stereocenters.